The average Bonchev–Trinajstić information content (AvgIpc) is 2.81. The molecule has 164 valence electrons. The number of hydrogen-bond acceptors (Lipinski definition) is 3. The maximum atomic E-state index is 8.96. The fourth-order valence-electron chi connectivity index (χ4n) is 2.57. The minimum absolute atomic E-state index is 0.179. The molecule has 0 saturated heterocycles. The van der Waals surface area contributed by atoms with E-state index in [0.29, 0.717) is 22.6 Å². The van der Waals surface area contributed by atoms with Gasteiger partial charge in [-0.2, -0.15) is 0 Å². The van der Waals surface area contributed by atoms with Gasteiger partial charge in [0.2, 0.25) is 0 Å². The Morgan fingerprint density at radius 1 is 1.06 bits per heavy atom. The van der Waals surface area contributed by atoms with E-state index in [2.05, 4.69) is 72.7 Å². The first-order valence-corrected chi connectivity index (χ1v) is 13.6. The molecule has 2 rings (SSSR count). The predicted octanol–water partition coefficient (Wildman–Crippen LogP) is 8.65. The van der Waals surface area contributed by atoms with Gasteiger partial charge < -0.3 is 0 Å². The number of pyridine rings is 1. The zero-order valence-corrected chi connectivity index (χ0v) is 24.1. The number of rotatable bonds is 7. The van der Waals surface area contributed by atoms with Gasteiger partial charge in [-0.3, -0.25) is 15.8 Å². The number of hydrogen-bond donors (Lipinski definition) is 2. The van der Waals surface area contributed by atoms with E-state index >= 15 is 0 Å². The van der Waals surface area contributed by atoms with Crippen LogP contribution in [-0.4, -0.2) is 20.2 Å². The van der Waals surface area contributed by atoms with Crippen LogP contribution >= 0.6 is 61.1 Å². The fraction of sp³-hybridized carbons (Fsp3) is 0.160. The summed E-state index contributed by atoms with van der Waals surface area (Å²) in [6, 6.07) is 13.3. The number of nitrogens with one attached hydrogen (secondary N) is 2. The summed E-state index contributed by atoms with van der Waals surface area (Å²) in [6.45, 7) is 9.65. The third kappa shape index (κ3) is 8.94. The first-order valence-electron chi connectivity index (χ1n) is 9.58. The Labute approximate surface area is 222 Å². The number of halogens is 3. The molecule has 1 aromatic heterocycles. The molecule has 2 aromatic rings. The first kappa shape index (κ1) is 29.6. The quantitative estimate of drug-likeness (QED) is 0.129. The molecule has 0 fully saturated rings. The van der Waals surface area contributed by atoms with Crippen LogP contribution in [-0.2, 0) is 0 Å². The van der Waals surface area contributed by atoms with Crippen molar-refractivity contribution in [2.24, 2.45) is 0 Å². The van der Waals surface area contributed by atoms with Crippen LogP contribution in [0.25, 0.3) is 5.57 Å². The summed E-state index contributed by atoms with van der Waals surface area (Å²) in [7, 11) is 0. The highest BCUT2D eigenvalue weighted by Gasteiger charge is 2.22. The van der Waals surface area contributed by atoms with Crippen molar-refractivity contribution in [2.45, 2.75) is 20.8 Å². The Kier molecular flexibility index (Phi) is 16.4. The van der Waals surface area contributed by atoms with Gasteiger partial charge in [0.1, 0.15) is 4.62 Å². The van der Waals surface area contributed by atoms with Gasteiger partial charge in [-0.15, -0.1) is 0 Å². The normalized spacial score (nSPS) is 11.4. The van der Waals surface area contributed by atoms with Gasteiger partial charge in [-0.25, -0.2) is 0 Å². The molecule has 1 aromatic carbocycles. The summed E-state index contributed by atoms with van der Waals surface area (Å²) in [4.78, 5) is 6.39. The lowest BCUT2D eigenvalue weighted by Gasteiger charge is -2.17. The summed E-state index contributed by atoms with van der Waals surface area (Å²) in [6.07, 6.45) is 9.03. The molecule has 31 heavy (non-hydrogen) atoms. The highest BCUT2D eigenvalue weighted by Crippen LogP contribution is 2.30. The van der Waals surface area contributed by atoms with E-state index in [9.17, 15) is 0 Å². The van der Waals surface area contributed by atoms with Crippen LogP contribution in [0.1, 0.15) is 32.0 Å². The van der Waals surface area contributed by atoms with E-state index < -0.39 is 0 Å². The molecule has 0 aliphatic carbocycles. The maximum Gasteiger partial charge on any atom is 0.107 e. The highest BCUT2D eigenvalue weighted by molar-refractivity contribution is 14.1. The zero-order valence-electron chi connectivity index (χ0n) is 18.2. The van der Waals surface area contributed by atoms with Crippen LogP contribution in [0, 0.1) is 14.4 Å². The second-order valence-corrected chi connectivity index (χ2v) is 7.43. The smallest absolute Gasteiger partial charge is 0.107 e. The van der Waals surface area contributed by atoms with Gasteiger partial charge >= 0.3 is 0 Å². The van der Waals surface area contributed by atoms with Crippen molar-refractivity contribution in [3.8, 4) is 0 Å². The van der Waals surface area contributed by atoms with Gasteiger partial charge in [0.15, 0.2) is 0 Å². The Balaban J connectivity index is 0.00000212. The standard InChI is InChI=1S/C22H19BrIN3.C2H6.CH3I/c1-3-5-10-15(4-2)19(21(25)16-11-6-7-12-17(16)24)20(22(23)26)18-13-8-9-14-27-18;2*1-2/h3-14,25-26H,1H2,2H3;1-2H3;1H3/b10-5-,15-4+,20-19-,25-21?,26-22?;;. The molecule has 1 heterocycles. The molecule has 0 atom stereocenters. The van der Waals surface area contributed by atoms with Crippen molar-refractivity contribution < 1.29 is 0 Å². The molecule has 0 amide bonds. The van der Waals surface area contributed by atoms with E-state index in [0.717, 1.165) is 14.7 Å². The van der Waals surface area contributed by atoms with Crippen molar-refractivity contribution in [1.82, 2.24) is 4.98 Å². The predicted molar refractivity (Wildman–Crippen MR) is 158 cm³/mol. The largest absolute Gasteiger partial charge is 0.300 e. The Morgan fingerprint density at radius 3 is 2.16 bits per heavy atom. The van der Waals surface area contributed by atoms with Crippen LogP contribution in [0.15, 0.2) is 90.7 Å². The minimum Gasteiger partial charge on any atom is -0.300 e. The van der Waals surface area contributed by atoms with Crippen LogP contribution in [0.5, 0.6) is 0 Å². The molecule has 0 bridgehead atoms. The number of aromatic nitrogens is 1. The molecule has 6 heteroatoms. The molecule has 0 spiro atoms. The van der Waals surface area contributed by atoms with E-state index in [1.54, 1.807) is 12.3 Å². The van der Waals surface area contributed by atoms with Gasteiger partial charge in [0.25, 0.3) is 0 Å². The average molecular weight is 704 g/mol. The Bertz CT molecular complexity index is 962. The van der Waals surface area contributed by atoms with Crippen molar-refractivity contribution in [3.63, 3.8) is 0 Å². The molecule has 3 nitrogen and oxygen atoms in total. The van der Waals surface area contributed by atoms with Crippen molar-refractivity contribution in [2.75, 3.05) is 4.93 Å². The number of allylic oxidation sites excluding steroid dienone is 7. The van der Waals surface area contributed by atoms with Crippen LogP contribution in [0.3, 0.4) is 0 Å². The molecule has 0 aliphatic heterocycles. The summed E-state index contributed by atoms with van der Waals surface area (Å²) >= 11 is 7.70. The van der Waals surface area contributed by atoms with Crippen molar-refractivity contribution in [1.29, 1.82) is 10.8 Å². The molecule has 0 saturated carbocycles. The van der Waals surface area contributed by atoms with Crippen molar-refractivity contribution >= 4 is 77.0 Å². The third-order valence-electron chi connectivity index (χ3n) is 3.80. The van der Waals surface area contributed by atoms with Crippen molar-refractivity contribution in [3.05, 3.63) is 106 Å². The monoisotopic (exact) mass is 703 g/mol. The molecular weight excluding hydrogens is 676 g/mol. The molecule has 0 radical (unpaired) electrons. The van der Waals surface area contributed by atoms with Gasteiger partial charge in [-0.1, -0.05) is 91.6 Å². The van der Waals surface area contributed by atoms with Crippen LogP contribution in [0.2, 0.25) is 0 Å². The molecule has 0 unspecified atom stereocenters. The summed E-state index contributed by atoms with van der Waals surface area (Å²) in [5, 5.41) is 17.3. The highest BCUT2D eigenvalue weighted by atomic mass is 127. The second kappa shape index (κ2) is 17.2. The lowest BCUT2D eigenvalue weighted by atomic mass is 9.89. The fourth-order valence-corrected chi connectivity index (χ4v) is 3.63. The Morgan fingerprint density at radius 2 is 1.68 bits per heavy atom. The lowest BCUT2D eigenvalue weighted by Crippen LogP contribution is -2.13. The second-order valence-electron chi connectivity index (χ2n) is 5.47. The summed E-state index contributed by atoms with van der Waals surface area (Å²) < 4.78 is 1.15. The molecule has 0 aliphatic rings. The van der Waals surface area contributed by atoms with Gasteiger partial charge in [0.05, 0.1) is 11.4 Å². The Hall–Kier alpha value is -1.39. The van der Waals surface area contributed by atoms with Crippen LogP contribution in [0.4, 0.5) is 0 Å². The maximum absolute atomic E-state index is 8.96. The van der Waals surface area contributed by atoms with Crippen LogP contribution < -0.4 is 0 Å². The van der Waals surface area contributed by atoms with Gasteiger partial charge in [-0.05, 0) is 74.1 Å². The molecular formula is C25H28BrI2N3. The lowest BCUT2D eigenvalue weighted by molar-refractivity contribution is 1.28. The number of nitrogens with zero attached hydrogens (tertiary/aromatic N) is 1. The van der Waals surface area contributed by atoms with Gasteiger partial charge in [0, 0.05) is 26.5 Å². The summed E-state index contributed by atoms with van der Waals surface area (Å²) in [5.41, 5.74) is 3.82. The topological polar surface area (TPSA) is 60.6 Å². The van der Waals surface area contributed by atoms with E-state index in [1.165, 1.54) is 0 Å². The summed E-state index contributed by atoms with van der Waals surface area (Å²) in [5.74, 6) is 0. The zero-order chi connectivity index (χ0) is 23.8. The van der Waals surface area contributed by atoms with E-state index in [4.69, 9.17) is 10.8 Å². The minimum atomic E-state index is 0.179. The van der Waals surface area contributed by atoms with E-state index in [-0.39, 0.29) is 4.62 Å². The number of alkyl halides is 1. The van der Waals surface area contributed by atoms with E-state index in [1.807, 2.05) is 86.4 Å². The first-order chi connectivity index (χ1) is 15.0. The number of benzene rings is 1. The SMILES string of the molecule is C=C\C=C/C(=C\C)C(/C(=N)c1ccccc1I)=C(/C(=N)Br)c1ccccn1.CC.CI. The third-order valence-corrected chi connectivity index (χ3v) is 5.13. The molecule has 2 N–H and O–H groups in total.